The van der Waals surface area contributed by atoms with E-state index in [0.29, 0.717) is 12.0 Å². The summed E-state index contributed by atoms with van der Waals surface area (Å²) in [6, 6.07) is 4.20. The van der Waals surface area contributed by atoms with Crippen molar-refractivity contribution in [3.8, 4) is 0 Å². The van der Waals surface area contributed by atoms with E-state index in [4.69, 9.17) is 9.15 Å². The van der Waals surface area contributed by atoms with Crippen LogP contribution >= 0.6 is 0 Å². The van der Waals surface area contributed by atoms with Gasteiger partial charge in [0.05, 0.1) is 19.3 Å². The third-order valence-corrected chi connectivity index (χ3v) is 3.19. The van der Waals surface area contributed by atoms with Gasteiger partial charge in [0.25, 0.3) is 0 Å². The molecular formula is C14H23NO2. The highest BCUT2D eigenvalue weighted by Gasteiger charge is 2.36. The molecule has 0 aromatic carbocycles. The van der Waals surface area contributed by atoms with Crippen molar-refractivity contribution in [1.29, 1.82) is 0 Å². The van der Waals surface area contributed by atoms with Crippen molar-refractivity contribution in [2.24, 2.45) is 5.92 Å². The number of nitrogens with one attached hydrogen (secondary N) is 1. The predicted molar refractivity (Wildman–Crippen MR) is 68.0 cm³/mol. The van der Waals surface area contributed by atoms with E-state index >= 15 is 0 Å². The lowest BCUT2D eigenvalue weighted by Crippen LogP contribution is -2.20. The molecule has 1 aliphatic rings. The Bertz CT molecular complexity index is 346. The van der Waals surface area contributed by atoms with E-state index in [-0.39, 0.29) is 0 Å². The first kappa shape index (κ1) is 12.7. The van der Waals surface area contributed by atoms with Crippen LogP contribution < -0.4 is 5.32 Å². The molecule has 0 saturated heterocycles. The zero-order chi connectivity index (χ0) is 12.3. The minimum atomic E-state index is 0.309. The van der Waals surface area contributed by atoms with E-state index in [9.17, 15) is 0 Å². The number of hydrogen-bond acceptors (Lipinski definition) is 3. The number of rotatable bonds is 7. The highest BCUT2D eigenvalue weighted by molar-refractivity contribution is 5.17. The maximum Gasteiger partial charge on any atom is 0.117 e. The van der Waals surface area contributed by atoms with Crippen molar-refractivity contribution in [3.05, 3.63) is 23.7 Å². The molecule has 0 amide bonds. The second-order valence-corrected chi connectivity index (χ2v) is 5.22. The molecule has 3 nitrogen and oxygen atoms in total. The first-order valence-corrected chi connectivity index (χ1v) is 6.57. The van der Waals surface area contributed by atoms with Crippen LogP contribution in [0.3, 0.4) is 0 Å². The van der Waals surface area contributed by atoms with Crippen LogP contribution in [-0.2, 0) is 11.3 Å². The van der Waals surface area contributed by atoms with Crippen molar-refractivity contribution in [1.82, 2.24) is 5.32 Å². The van der Waals surface area contributed by atoms with Crippen molar-refractivity contribution in [2.45, 2.75) is 45.8 Å². The molecule has 3 heteroatoms. The summed E-state index contributed by atoms with van der Waals surface area (Å²) in [4.78, 5) is 0. The Morgan fingerprint density at radius 3 is 2.88 bits per heavy atom. The van der Waals surface area contributed by atoms with Gasteiger partial charge in [-0.05, 0) is 38.3 Å². The Kier molecular flexibility index (Phi) is 4.24. The van der Waals surface area contributed by atoms with Crippen molar-refractivity contribution < 1.29 is 9.15 Å². The Hall–Kier alpha value is -0.800. The maximum atomic E-state index is 5.80. The van der Waals surface area contributed by atoms with E-state index in [1.807, 2.05) is 0 Å². The molecular weight excluding hydrogens is 214 g/mol. The van der Waals surface area contributed by atoms with E-state index in [2.05, 4.69) is 38.2 Å². The molecule has 2 atom stereocenters. The third kappa shape index (κ3) is 3.86. The average molecular weight is 237 g/mol. The highest BCUT2D eigenvalue weighted by atomic mass is 16.5. The Labute approximate surface area is 104 Å². The second kappa shape index (κ2) is 5.69. The van der Waals surface area contributed by atoms with Crippen LogP contribution in [0.4, 0.5) is 0 Å². The van der Waals surface area contributed by atoms with Gasteiger partial charge in [-0.15, -0.1) is 0 Å². The summed E-state index contributed by atoms with van der Waals surface area (Å²) in [6.45, 7) is 8.79. The van der Waals surface area contributed by atoms with E-state index < -0.39 is 0 Å². The first-order chi connectivity index (χ1) is 8.16. The Balaban J connectivity index is 1.64. The summed E-state index contributed by atoms with van der Waals surface area (Å²) >= 11 is 0. The molecule has 0 spiro atoms. The Morgan fingerprint density at radius 1 is 1.47 bits per heavy atom. The molecule has 1 saturated carbocycles. The minimum absolute atomic E-state index is 0.309. The van der Waals surface area contributed by atoms with E-state index in [1.165, 1.54) is 6.42 Å². The first-order valence-electron chi connectivity index (χ1n) is 6.57. The number of furan rings is 1. The average Bonchev–Trinajstić information content (AvgIpc) is 2.83. The van der Waals surface area contributed by atoms with Gasteiger partial charge in [-0.25, -0.2) is 0 Å². The fourth-order valence-electron chi connectivity index (χ4n) is 1.99. The van der Waals surface area contributed by atoms with Crippen LogP contribution in [0.15, 0.2) is 16.5 Å². The van der Waals surface area contributed by atoms with Crippen LogP contribution in [0.2, 0.25) is 0 Å². The summed E-state index contributed by atoms with van der Waals surface area (Å²) in [6.07, 6.45) is 1.59. The molecule has 0 radical (unpaired) electrons. The predicted octanol–water partition coefficient (Wildman–Crippen LogP) is 2.92. The molecule has 1 aliphatic carbocycles. The smallest absolute Gasteiger partial charge is 0.117 e. The molecule has 2 unspecified atom stereocenters. The normalized spacial score (nSPS) is 23.3. The van der Waals surface area contributed by atoms with Gasteiger partial charge in [0.2, 0.25) is 0 Å². The standard InChI is InChI=1S/C14H23NO2/c1-10(2)16-7-6-15-9-12-4-5-14(17-12)13-8-11(13)3/h4-5,10-11,13,15H,6-9H2,1-3H3. The topological polar surface area (TPSA) is 34.4 Å². The lowest BCUT2D eigenvalue weighted by atomic mass is 10.3. The molecule has 96 valence electrons. The van der Waals surface area contributed by atoms with Crippen molar-refractivity contribution in [2.75, 3.05) is 13.2 Å². The van der Waals surface area contributed by atoms with Crippen molar-refractivity contribution in [3.63, 3.8) is 0 Å². The fraction of sp³-hybridized carbons (Fsp3) is 0.714. The zero-order valence-electron chi connectivity index (χ0n) is 11.0. The summed E-state index contributed by atoms with van der Waals surface area (Å²) in [5, 5.41) is 3.32. The minimum Gasteiger partial charge on any atom is -0.464 e. The van der Waals surface area contributed by atoms with Gasteiger partial charge in [-0.1, -0.05) is 6.92 Å². The maximum absolute atomic E-state index is 5.80. The molecule has 1 N–H and O–H groups in total. The zero-order valence-corrected chi connectivity index (χ0v) is 11.0. The SMILES string of the molecule is CC(C)OCCNCc1ccc(C2CC2C)o1. The van der Waals surface area contributed by atoms with Gasteiger partial charge in [0.1, 0.15) is 11.5 Å². The van der Waals surface area contributed by atoms with Gasteiger partial charge in [0.15, 0.2) is 0 Å². The van der Waals surface area contributed by atoms with Gasteiger partial charge in [-0.3, -0.25) is 0 Å². The third-order valence-electron chi connectivity index (χ3n) is 3.19. The Morgan fingerprint density at radius 2 is 2.24 bits per heavy atom. The number of hydrogen-bond donors (Lipinski definition) is 1. The van der Waals surface area contributed by atoms with Gasteiger partial charge in [-0.2, -0.15) is 0 Å². The van der Waals surface area contributed by atoms with Crippen LogP contribution in [0.5, 0.6) is 0 Å². The largest absolute Gasteiger partial charge is 0.464 e. The van der Waals surface area contributed by atoms with Gasteiger partial charge in [0, 0.05) is 12.5 Å². The van der Waals surface area contributed by atoms with Crippen LogP contribution in [0.25, 0.3) is 0 Å². The fourth-order valence-corrected chi connectivity index (χ4v) is 1.99. The monoisotopic (exact) mass is 237 g/mol. The molecule has 1 heterocycles. The number of ether oxygens (including phenoxy) is 1. The lowest BCUT2D eigenvalue weighted by Gasteiger charge is -2.07. The summed E-state index contributed by atoms with van der Waals surface area (Å²) < 4.78 is 11.3. The van der Waals surface area contributed by atoms with E-state index in [1.54, 1.807) is 0 Å². The van der Waals surface area contributed by atoms with Crippen molar-refractivity contribution >= 4 is 0 Å². The van der Waals surface area contributed by atoms with Crippen LogP contribution in [0, 0.1) is 5.92 Å². The molecule has 17 heavy (non-hydrogen) atoms. The molecule has 1 aromatic heterocycles. The van der Waals surface area contributed by atoms with Crippen LogP contribution in [-0.4, -0.2) is 19.3 Å². The molecule has 2 rings (SSSR count). The summed E-state index contributed by atoms with van der Waals surface area (Å²) in [5.41, 5.74) is 0. The second-order valence-electron chi connectivity index (χ2n) is 5.22. The molecule has 0 bridgehead atoms. The van der Waals surface area contributed by atoms with Gasteiger partial charge >= 0.3 is 0 Å². The van der Waals surface area contributed by atoms with E-state index in [0.717, 1.165) is 37.1 Å². The quantitative estimate of drug-likeness (QED) is 0.740. The van der Waals surface area contributed by atoms with Crippen LogP contribution in [0.1, 0.15) is 44.6 Å². The molecule has 1 fully saturated rings. The lowest BCUT2D eigenvalue weighted by molar-refractivity contribution is 0.0805. The summed E-state index contributed by atoms with van der Waals surface area (Å²) in [7, 11) is 0. The highest BCUT2D eigenvalue weighted by Crippen LogP contribution is 2.47. The summed E-state index contributed by atoms with van der Waals surface area (Å²) in [5.74, 6) is 3.67. The molecule has 0 aliphatic heterocycles. The van der Waals surface area contributed by atoms with Gasteiger partial charge < -0.3 is 14.5 Å². The molecule has 1 aromatic rings.